The molecule has 0 aliphatic heterocycles. The Morgan fingerprint density at radius 2 is 1.86 bits per heavy atom. The largest absolute Gasteiger partial charge is 0.497 e. The Hall–Kier alpha value is -3.45. The molecule has 2 aromatic carbocycles. The van der Waals surface area contributed by atoms with Crippen molar-refractivity contribution >= 4 is 33.2 Å². The molecule has 0 fully saturated rings. The number of para-hydroxylation sites is 1. The van der Waals surface area contributed by atoms with Crippen LogP contribution in [0.1, 0.15) is 27.9 Å². The van der Waals surface area contributed by atoms with Crippen LogP contribution in [0.25, 0.3) is 15.9 Å². The van der Waals surface area contributed by atoms with Crippen LogP contribution in [0.4, 0.5) is 0 Å². The van der Waals surface area contributed by atoms with E-state index in [-0.39, 0.29) is 5.91 Å². The number of hydrogen-bond donors (Lipinski definition) is 1. The van der Waals surface area contributed by atoms with Crippen LogP contribution in [0.15, 0.2) is 65.8 Å². The molecule has 0 aliphatic rings. The number of nitrogens with zero attached hydrogens (tertiary/aromatic N) is 3. The average molecular weight is 404 g/mol. The number of aromatic nitrogens is 2. The van der Waals surface area contributed by atoms with Crippen molar-refractivity contribution < 1.29 is 9.53 Å². The number of hydrogen-bond acceptors (Lipinski definition) is 5. The van der Waals surface area contributed by atoms with Gasteiger partial charge in [-0.05, 0) is 61.9 Å². The molecule has 2 aromatic heterocycles. The first-order valence-corrected chi connectivity index (χ1v) is 9.92. The molecule has 0 unspecified atom stereocenters. The maximum Gasteiger partial charge on any atom is 0.281 e. The van der Waals surface area contributed by atoms with Crippen molar-refractivity contribution in [1.29, 1.82) is 0 Å². The van der Waals surface area contributed by atoms with Crippen LogP contribution < -0.4 is 10.2 Å². The zero-order chi connectivity index (χ0) is 20.4. The minimum absolute atomic E-state index is 0.238. The maximum atomic E-state index is 12.7. The lowest BCUT2D eigenvalue weighted by molar-refractivity contribution is 0.0959. The lowest BCUT2D eigenvalue weighted by atomic mass is 10.1. The Kier molecular flexibility index (Phi) is 5.14. The first kappa shape index (κ1) is 18.9. The molecule has 0 spiro atoms. The molecule has 29 heavy (non-hydrogen) atoms. The zero-order valence-corrected chi connectivity index (χ0v) is 17.2. The van der Waals surface area contributed by atoms with E-state index in [4.69, 9.17) is 4.74 Å². The van der Waals surface area contributed by atoms with Crippen LogP contribution in [-0.2, 0) is 0 Å². The number of methoxy groups -OCH3 is 1. The molecule has 0 aliphatic carbocycles. The Morgan fingerprint density at radius 1 is 1.14 bits per heavy atom. The molecule has 4 rings (SSSR count). The van der Waals surface area contributed by atoms with Gasteiger partial charge in [-0.3, -0.25) is 4.79 Å². The fourth-order valence-corrected chi connectivity index (χ4v) is 4.06. The predicted molar refractivity (Wildman–Crippen MR) is 116 cm³/mol. The molecule has 7 heteroatoms. The number of ether oxygens (including phenoxy) is 1. The Morgan fingerprint density at radius 3 is 2.55 bits per heavy atom. The quantitative estimate of drug-likeness (QED) is 0.392. The molecule has 0 saturated carbocycles. The van der Waals surface area contributed by atoms with Gasteiger partial charge in [-0.25, -0.2) is 10.1 Å². The molecule has 2 heterocycles. The molecule has 146 valence electrons. The van der Waals surface area contributed by atoms with E-state index in [2.05, 4.69) is 15.6 Å². The summed E-state index contributed by atoms with van der Waals surface area (Å²) < 4.78 is 7.03. The number of hydrazone groups is 1. The minimum Gasteiger partial charge on any atom is -0.497 e. The van der Waals surface area contributed by atoms with Crippen molar-refractivity contribution in [3.8, 4) is 11.4 Å². The van der Waals surface area contributed by atoms with Gasteiger partial charge in [0.2, 0.25) is 0 Å². The van der Waals surface area contributed by atoms with Gasteiger partial charge in [0, 0.05) is 5.39 Å². The summed E-state index contributed by atoms with van der Waals surface area (Å²) in [6.45, 7) is 3.80. The van der Waals surface area contributed by atoms with Crippen LogP contribution in [-0.4, -0.2) is 28.5 Å². The smallest absolute Gasteiger partial charge is 0.281 e. The molecule has 6 nitrogen and oxygen atoms in total. The monoisotopic (exact) mass is 404 g/mol. The summed E-state index contributed by atoms with van der Waals surface area (Å²) in [5.74, 6) is 0.539. The van der Waals surface area contributed by atoms with E-state index < -0.39 is 0 Å². The van der Waals surface area contributed by atoms with E-state index in [1.54, 1.807) is 7.11 Å². The van der Waals surface area contributed by atoms with E-state index in [1.165, 1.54) is 11.3 Å². The van der Waals surface area contributed by atoms with Gasteiger partial charge in [-0.2, -0.15) is 10.2 Å². The third kappa shape index (κ3) is 3.77. The zero-order valence-electron chi connectivity index (χ0n) is 16.3. The summed E-state index contributed by atoms with van der Waals surface area (Å²) in [6, 6.07) is 19.3. The number of thiophene rings is 1. The first-order chi connectivity index (χ1) is 14.1. The number of carbonyl (C=O) groups excluding carboxylic acids is 1. The summed E-state index contributed by atoms with van der Waals surface area (Å²) in [6.07, 6.45) is 0. The molecule has 1 amide bonds. The molecular weight excluding hydrogens is 384 g/mol. The highest BCUT2D eigenvalue weighted by atomic mass is 32.1. The van der Waals surface area contributed by atoms with Crippen molar-refractivity contribution in [2.45, 2.75) is 13.8 Å². The number of amides is 1. The van der Waals surface area contributed by atoms with E-state index in [0.29, 0.717) is 10.6 Å². The van der Waals surface area contributed by atoms with Crippen LogP contribution in [0.5, 0.6) is 5.75 Å². The van der Waals surface area contributed by atoms with Crippen molar-refractivity contribution in [2.75, 3.05) is 7.11 Å². The van der Waals surface area contributed by atoms with Crippen molar-refractivity contribution in [3.63, 3.8) is 0 Å². The van der Waals surface area contributed by atoms with Gasteiger partial charge < -0.3 is 4.74 Å². The Balaban J connectivity index is 1.57. The SMILES string of the molecule is COc1ccc(C(C)=NNC(=O)c2cc3c(C)nn(-c4ccccc4)c3s2)cc1. The molecule has 0 saturated heterocycles. The second-order valence-electron chi connectivity index (χ2n) is 6.53. The highest BCUT2D eigenvalue weighted by Crippen LogP contribution is 2.30. The van der Waals surface area contributed by atoms with Crippen LogP contribution in [0.2, 0.25) is 0 Å². The van der Waals surface area contributed by atoms with E-state index in [1.807, 2.05) is 79.2 Å². The average Bonchev–Trinajstić information content (AvgIpc) is 3.33. The molecule has 0 radical (unpaired) electrons. The van der Waals surface area contributed by atoms with Gasteiger partial charge >= 0.3 is 0 Å². The maximum absolute atomic E-state index is 12.7. The number of nitrogens with one attached hydrogen (secondary N) is 1. The van der Waals surface area contributed by atoms with Gasteiger partial charge in [-0.1, -0.05) is 18.2 Å². The molecule has 1 N–H and O–H groups in total. The standard InChI is InChI=1S/C22H20N4O2S/c1-14(16-9-11-18(28-3)12-10-16)23-24-21(27)20-13-19-15(2)25-26(22(19)29-20)17-7-5-4-6-8-17/h4-13H,1-3H3,(H,24,27). The lowest BCUT2D eigenvalue weighted by Gasteiger charge is -2.04. The fraction of sp³-hybridized carbons (Fsp3) is 0.136. The number of benzene rings is 2. The lowest BCUT2D eigenvalue weighted by Crippen LogP contribution is -2.18. The second kappa shape index (κ2) is 7.89. The minimum atomic E-state index is -0.238. The van der Waals surface area contributed by atoms with Crippen molar-refractivity contribution in [2.24, 2.45) is 5.10 Å². The third-order valence-electron chi connectivity index (χ3n) is 4.60. The number of fused-ring (bicyclic) bond motifs is 1. The van der Waals surface area contributed by atoms with Crippen molar-refractivity contribution in [3.05, 3.63) is 76.8 Å². The van der Waals surface area contributed by atoms with Crippen LogP contribution in [0, 0.1) is 6.92 Å². The van der Waals surface area contributed by atoms with Gasteiger partial charge in [0.25, 0.3) is 5.91 Å². The van der Waals surface area contributed by atoms with Gasteiger partial charge in [0.15, 0.2) is 0 Å². The van der Waals surface area contributed by atoms with Gasteiger partial charge in [0.05, 0.1) is 29.1 Å². The highest BCUT2D eigenvalue weighted by molar-refractivity contribution is 7.20. The number of rotatable bonds is 5. The molecule has 0 bridgehead atoms. The summed E-state index contributed by atoms with van der Waals surface area (Å²) in [5, 5.41) is 9.82. The fourth-order valence-electron chi connectivity index (χ4n) is 2.99. The van der Waals surface area contributed by atoms with Crippen LogP contribution >= 0.6 is 11.3 Å². The highest BCUT2D eigenvalue weighted by Gasteiger charge is 2.17. The summed E-state index contributed by atoms with van der Waals surface area (Å²) >= 11 is 1.40. The van der Waals surface area contributed by atoms with Crippen LogP contribution in [0.3, 0.4) is 0 Å². The van der Waals surface area contributed by atoms with Gasteiger partial charge in [0.1, 0.15) is 10.6 Å². The van der Waals surface area contributed by atoms with E-state index in [9.17, 15) is 4.79 Å². The predicted octanol–water partition coefficient (Wildman–Crippen LogP) is 4.56. The Bertz CT molecular complexity index is 1190. The Labute approximate surface area is 172 Å². The van der Waals surface area contributed by atoms with E-state index >= 15 is 0 Å². The third-order valence-corrected chi connectivity index (χ3v) is 5.71. The topological polar surface area (TPSA) is 68.5 Å². The second-order valence-corrected chi connectivity index (χ2v) is 7.56. The molecular formula is C22H20N4O2S. The summed E-state index contributed by atoms with van der Waals surface area (Å²) in [7, 11) is 1.62. The normalized spacial score (nSPS) is 11.6. The molecule has 4 aromatic rings. The molecule has 0 atom stereocenters. The number of aryl methyl sites for hydroxylation is 1. The first-order valence-electron chi connectivity index (χ1n) is 9.10. The summed E-state index contributed by atoms with van der Waals surface area (Å²) in [4.78, 5) is 14.2. The van der Waals surface area contributed by atoms with E-state index in [0.717, 1.165) is 32.9 Å². The number of carbonyl (C=O) groups is 1. The van der Waals surface area contributed by atoms with Crippen molar-refractivity contribution in [1.82, 2.24) is 15.2 Å². The summed E-state index contributed by atoms with van der Waals surface area (Å²) in [5.41, 5.74) is 6.14. The van der Waals surface area contributed by atoms with Gasteiger partial charge in [-0.15, -0.1) is 11.3 Å².